The number of anilines is 1. The van der Waals surface area contributed by atoms with Crippen LogP contribution in [0.25, 0.3) is 0 Å². The molecule has 2 amide bonds. The standard InChI is InChI=1S/C23H26FN5O2S/c1-5-29-21(16(4)25-22(31)17-11-9-14(2)10-12-17)27-28-23(29)32-13-20(30)26-19-8-6-7-18(24)15(19)3/h6-12,16H,5,13H2,1-4H3,(H,25,31)(H,26,30)/t16-/m0/s1. The molecule has 0 fully saturated rings. The molecule has 3 aromatic rings. The molecule has 0 spiro atoms. The number of halogens is 1. The number of benzene rings is 2. The Kier molecular flexibility index (Phi) is 7.63. The molecule has 0 saturated heterocycles. The van der Waals surface area contributed by atoms with Gasteiger partial charge in [0.15, 0.2) is 11.0 Å². The molecule has 0 saturated carbocycles. The van der Waals surface area contributed by atoms with Crippen molar-refractivity contribution in [2.45, 2.75) is 45.4 Å². The highest BCUT2D eigenvalue weighted by atomic mass is 32.2. The molecule has 7 nitrogen and oxygen atoms in total. The molecule has 1 aromatic heterocycles. The number of carbonyl (C=O) groups is 2. The summed E-state index contributed by atoms with van der Waals surface area (Å²) in [5.41, 5.74) is 2.49. The third-order valence-corrected chi connectivity index (χ3v) is 5.95. The molecule has 0 bridgehead atoms. The van der Waals surface area contributed by atoms with Crippen LogP contribution in [-0.2, 0) is 11.3 Å². The number of thioether (sulfide) groups is 1. The first-order chi connectivity index (χ1) is 15.3. The highest BCUT2D eigenvalue weighted by Gasteiger charge is 2.20. The van der Waals surface area contributed by atoms with Crippen molar-refractivity contribution in [3.05, 3.63) is 70.8 Å². The lowest BCUT2D eigenvalue weighted by Crippen LogP contribution is -2.28. The van der Waals surface area contributed by atoms with Crippen molar-refractivity contribution in [2.75, 3.05) is 11.1 Å². The van der Waals surface area contributed by atoms with E-state index in [1.54, 1.807) is 31.2 Å². The van der Waals surface area contributed by atoms with Crippen molar-refractivity contribution in [3.8, 4) is 0 Å². The van der Waals surface area contributed by atoms with E-state index in [-0.39, 0.29) is 29.4 Å². The van der Waals surface area contributed by atoms with E-state index in [0.29, 0.717) is 34.3 Å². The summed E-state index contributed by atoms with van der Waals surface area (Å²) < 4.78 is 15.5. The first-order valence-electron chi connectivity index (χ1n) is 10.3. The number of rotatable bonds is 8. The molecule has 32 heavy (non-hydrogen) atoms. The second-order valence-corrected chi connectivity index (χ2v) is 8.34. The van der Waals surface area contributed by atoms with Gasteiger partial charge in [0.1, 0.15) is 5.82 Å². The van der Waals surface area contributed by atoms with Gasteiger partial charge >= 0.3 is 0 Å². The predicted octanol–water partition coefficient (Wildman–Crippen LogP) is 4.28. The highest BCUT2D eigenvalue weighted by Crippen LogP contribution is 2.22. The number of aromatic nitrogens is 3. The summed E-state index contributed by atoms with van der Waals surface area (Å²) in [7, 11) is 0. The maximum atomic E-state index is 13.7. The van der Waals surface area contributed by atoms with Crippen molar-refractivity contribution in [2.24, 2.45) is 0 Å². The van der Waals surface area contributed by atoms with Gasteiger partial charge in [-0.05, 0) is 52.0 Å². The lowest BCUT2D eigenvalue weighted by molar-refractivity contribution is -0.113. The molecule has 1 heterocycles. The van der Waals surface area contributed by atoms with Crippen LogP contribution in [0.4, 0.5) is 10.1 Å². The fourth-order valence-corrected chi connectivity index (χ4v) is 3.94. The molecule has 0 aliphatic heterocycles. The van der Waals surface area contributed by atoms with E-state index < -0.39 is 0 Å². The minimum Gasteiger partial charge on any atom is -0.342 e. The molecular formula is C23H26FN5O2S. The van der Waals surface area contributed by atoms with Crippen molar-refractivity contribution in [1.82, 2.24) is 20.1 Å². The van der Waals surface area contributed by atoms with E-state index in [4.69, 9.17) is 0 Å². The van der Waals surface area contributed by atoms with Gasteiger partial charge in [0.2, 0.25) is 5.91 Å². The second-order valence-electron chi connectivity index (χ2n) is 7.40. The number of hydrogen-bond acceptors (Lipinski definition) is 5. The zero-order valence-corrected chi connectivity index (χ0v) is 19.3. The molecular weight excluding hydrogens is 429 g/mol. The molecule has 2 aromatic carbocycles. The fraction of sp³-hybridized carbons (Fsp3) is 0.304. The van der Waals surface area contributed by atoms with Crippen LogP contribution >= 0.6 is 11.8 Å². The average molecular weight is 456 g/mol. The van der Waals surface area contributed by atoms with Crippen LogP contribution in [0.5, 0.6) is 0 Å². The van der Waals surface area contributed by atoms with Crippen LogP contribution in [0, 0.1) is 19.7 Å². The first-order valence-corrected chi connectivity index (χ1v) is 11.3. The Hall–Kier alpha value is -3.20. The van der Waals surface area contributed by atoms with Crippen LogP contribution in [0.15, 0.2) is 47.6 Å². The normalized spacial score (nSPS) is 11.8. The van der Waals surface area contributed by atoms with E-state index in [1.165, 1.54) is 17.8 Å². The van der Waals surface area contributed by atoms with E-state index in [9.17, 15) is 14.0 Å². The third kappa shape index (κ3) is 5.53. The Morgan fingerprint density at radius 2 is 1.84 bits per heavy atom. The summed E-state index contributed by atoms with van der Waals surface area (Å²) in [6.45, 7) is 7.95. The van der Waals surface area contributed by atoms with Crippen LogP contribution in [-0.4, -0.2) is 32.3 Å². The monoisotopic (exact) mass is 455 g/mol. The maximum Gasteiger partial charge on any atom is 0.251 e. The second kappa shape index (κ2) is 10.4. The van der Waals surface area contributed by atoms with Gasteiger partial charge in [-0.25, -0.2) is 4.39 Å². The summed E-state index contributed by atoms with van der Waals surface area (Å²) in [4.78, 5) is 24.9. The number of nitrogens with one attached hydrogen (secondary N) is 2. The van der Waals surface area contributed by atoms with Gasteiger partial charge in [-0.15, -0.1) is 10.2 Å². The number of hydrogen-bond donors (Lipinski definition) is 2. The minimum absolute atomic E-state index is 0.0954. The van der Waals surface area contributed by atoms with Crippen LogP contribution in [0.3, 0.4) is 0 Å². The van der Waals surface area contributed by atoms with Gasteiger partial charge in [0.05, 0.1) is 11.8 Å². The van der Waals surface area contributed by atoms with E-state index >= 15 is 0 Å². The van der Waals surface area contributed by atoms with Gasteiger partial charge in [0, 0.05) is 23.4 Å². The molecule has 0 aliphatic rings. The van der Waals surface area contributed by atoms with E-state index in [0.717, 1.165) is 5.56 Å². The van der Waals surface area contributed by atoms with Crippen LogP contribution < -0.4 is 10.6 Å². The topological polar surface area (TPSA) is 88.9 Å². The molecule has 0 radical (unpaired) electrons. The van der Waals surface area contributed by atoms with Crippen molar-refractivity contribution in [3.63, 3.8) is 0 Å². The molecule has 3 rings (SSSR count). The van der Waals surface area contributed by atoms with Crippen LogP contribution in [0.2, 0.25) is 0 Å². The number of amides is 2. The average Bonchev–Trinajstić information content (AvgIpc) is 3.19. The Morgan fingerprint density at radius 3 is 2.53 bits per heavy atom. The zero-order chi connectivity index (χ0) is 23.3. The quantitative estimate of drug-likeness (QED) is 0.495. The molecule has 0 aliphatic carbocycles. The minimum atomic E-state index is -0.368. The van der Waals surface area contributed by atoms with Crippen molar-refractivity contribution < 1.29 is 14.0 Å². The van der Waals surface area contributed by atoms with Gasteiger partial charge in [-0.2, -0.15) is 0 Å². The molecule has 1 atom stereocenters. The molecule has 9 heteroatoms. The summed E-state index contributed by atoms with van der Waals surface area (Å²) in [5.74, 6) is -0.124. The van der Waals surface area contributed by atoms with E-state index in [1.807, 2.05) is 37.5 Å². The Labute approximate surface area is 190 Å². The zero-order valence-electron chi connectivity index (χ0n) is 18.5. The summed E-state index contributed by atoms with van der Waals surface area (Å²) in [6.07, 6.45) is 0. The number of nitrogens with zero attached hydrogens (tertiary/aromatic N) is 3. The van der Waals surface area contributed by atoms with Crippen molar-refractivity contribution in [1.29, 1.82) is 0 Å². The van der Waals surface area contributed by atoms with Gasteiger partial charge in [-0.3, -0.25) is 9.59 Å². The third-order valence-electron chi connectivity index (χ3n) is 4.98. The Bertz CT molecular complexity index is 1110. The van der Waals surface area contributed by atoms with Gasteiger partial charge < -0.3 is 15.2 Å². The first kappa shape index (κ1) is 23.5. The smallest absolute Gasteiger partial charge is 0.251 e. The SMILES string of the molecule is CCn1c(SCC(=O)Nc2cccc(F)c2C)nnc1[C@H](C)NC(=O)c1ccc(C)cc1. The molecule has 168 valence electrons. The number of aryl methyl sites for hydroxylation is 1. The Morgan fingerprint density at radius 1 is 1.12 bits per heavy atom. The fourth-order valence-electron chi connectivity index (χ4n) is 3.13. The Balaban J connectivity index is 1.63. The highest BCUT2D eigenvalue weighted by molar-refractivity contribution is 7.99. The summed E-state index contributed by atoms with van der Waals surface area (Å²) >= 11 is 1.23. The molecule has 0 unspecified atom stereocenters. The predicted molar refractivity (Wildman–Crippen MR) is 123 cm³/mol. The lowest BCUT2D eigenvalue weighted by Gasteiger charge is -2.15. The lowest BCUT2D eigenvalue weighted by atomic mass is 10.1. The van der Waals surface area contributed by atoms with Crippen LogP contribution in [0.1, 0.15) is 47.2 Å². The summed E-state index contributed by atoms with van der Waals surface area (Å²) in [5, 5.41) is 14.7. The summed E-state index contributed by atoms with van der Waals surface area (Å²) in [6, 6.07) is 11.5. The van der Waals surface area contributed by atoms with Gasteiger partial charge in [0.25, 0.3) is 5.91 Å². The maximum absolute atomic E-state index is 13.7. The number of carbonyl (C=O) groups excluding carboxylic acids is 2. The van der Waals surface area contributed by atoms with Gasteiger partial charge in [-0.1, -0.05) is 35.5 Å². The van der Waals surface area contributed by atoms with E-state index in [2.05, 4.69) is 20.8 Å². The van der Waals surface area contributed by atoms with Crippen molar-refractivity contribution >= 4 is 29.3 Å². The molecule has 2 N–H and O–H groups in total. The largest absolute Gasteiger partial charge is 0.342 e.